The SMILES string of the molecule is CCCCOC(=O)c1ccc(-c2ccc(C=C3SC(=S)N(C)C3=O)o2)cc1. The molecule has 0 atom stereocenters. The first-order valence-electron chi connectivity index (χ1n) is 8.58. The average Bonchev–Trinajstić information content (AvgIpc) is 3.23. The largest absolute Gasteiger partial charge is 0.462 e. The van der Waals surface area contributed by atoms with Gasteiger partial charge in [0.25, 0.3) is 5.91 Å². The Morgan fingerprint density at radius 3 is 2.63 bits per heavy atom. The van der Waals surface area contributed by atoms with Crippen molar-refractivity contribution in [2.75, 3.05) is 13.7 Å². The molecule has 7 heteroatoms. The topological polar surface area (TPSA) is 59.8 Å². The maximum absolute atomic E-state index is 12.1. The third-order valence-corrected chi connectivity index (χ3v) is 5.51. The van der Waals surface area contributed by atoms with Gasteiger partial charge in [-0.15, -0.1) is 0 Å². The molecular formula is C20H19NO4S2. The monoisotopic (exact) mass is 401 g/mol. The molecule has 140 valence electrons. The van der Waals surface area contributed by atoms with Crippen LogP contribution in [0.25, 0.3) is 17.4 Å². The Balaban J connectivity index is 1.71. The normalized spacial score (nSPS) is 15.6. The molecule has 1 aromatic carbocycles. The van der Waals surface area contributed by atoms with E-state index in [1.54, 1.807) is 31.3 Å². The number of amides is 1. The highest BCUT2D eigenvalue weighted by Crippen LogP contribution is 2.32. The van der Waals surface area contributed by atoms with E-state index in [-0.39, 0.29) is 11.9 Å². The fourth-order valence-electron chi connectivity index (χ4n) is 2.42. The Morgan fingerprint density at radius 2 is 2.00 bits per heavy atom. The minimum absolute atomic E-state index is 0.131. The van der Waals surface area contributed by atoms with Gasteiger partial charge in [-0.2, -0.15) is 0 Å². The number of carbonyl (C=O) groups excluding carboxylic acids is 2. The smallest absolute Gasteiger partial charge is 0.338 e. The van der Waals surface area contributed by atoms with Crippen LogP contribution in [0.4, 0.5) is 0 Å². The number of likely N-dealkylation sites (N-methyl/N-ethyl adjacent to an activating group) is 1. The Morgan fingerprint density at radius 1 is 1.26 bits per heavy atom. The van der Waals surface area contributed by atoms with Gasteiger partial charge in [0.2, 0.25) is 0 Å². The Labute approximate surface area is 167 Å². The molecule has 0 N–H and O–H groups in total. The summed E-state index contributed by atoms with van der Waals surface area (Å²) >= 11 is 6.37. The van der Waals surface area contributed by atoms with E-state index in [1.165, 1.54) is 16.7 Å². The number of thioether (sulfide) groups is 1. The van der Waals surface area contributed by atoms with Gasteiger partial charge in [-0.25, -0.2) is 4.79 Å². The first-order chi connectivity index (χ1) is 13.0. The fourth-order valence-corrected chi connectivity index (χ4v) is 3.58. The lowest BCUT2D eigenvalue weighted by Crippen LogP contribution is -2.22. The zero-order valence-electron chi connectivity index (χ0n) is 15.1. The lowest BCUT2D eigenvalue weighted by Gasteiger charge is -2.04. The number of furan rings is 1. The summed E-state index contributed by atoms with van der Waals surface area (Å²) in [6, 6.07) is 10.7. The van der Waals surface area contributed by atoms with E-state index in [0.717, 1.165) is 18.4 Å². The highest BCUT2D eigenvalue weighted by Gasteiger charge is 2.29. The van der Waals surface area contributed by atoms with Crippen molar-refractivity contribution in [3.05, 3.63) is 52.6 Å². The molecule has 1 aliphatic rings. The lowest BCUT2D eigenvalue weighted by molar-refractivity contribution is -0.121. The van der Waals surface area contributed by atoms with Gasteiger partial charge in [0.1, 0.15) is 15.8 Å². The van der Waals surface area contributed by atoms with E-state index in [2.05, 4.69) is 0 Å². The van der Waals surface area contributed by atoms with Gasteiger partial charge in [0.15, 0.2) is 0 Å². The van der Waals surface area contributed by atoms with Gasteiger partial charge in [-0.3, -0.25) is 9.69 Å². The number of ether oxygens (including phenoxy) is 1. The van der Waals surface area contributed by atoms with Crippen LogP contribution in [-0.4, -0.2) is 34.8 Å². The van der Waals surface area contributed by atoms with Crippen LogP contribution < -0.4 is 0 Å². The number of nitrogens with zero attached hydrogens (tertiary/aromatic N) is 1. The van der Waals surface area contributed by atoms with Crippen molar-refractivity contribution in [1.82, 2.24) is 4.90 Å². The molecular weight excluding hydrogens is 382 g/mol. The molecule has 1 saturated heterocycles. The van der Waals surface area contributed by atoms with Crippen LogP contribution in [0.15, 0.2) is 45.7 Å². The van der Waals surface area contributed by atoms with Crippen LogP contribution in [0.2, 0.25) is 0 Å². The van der Waals surface area contributed by atoms with Crippen LogP contribution in [-0.2, 0) is 9.53 Å². The fraction of sp³-hybridized carbons (Fsp3) is 0.250. The van der Waals surface area contributed by atoms with Crippen LogP contribution >= 0.6 is 24.0 Å². The van der Waals surface area contributed by atoms with E-state index in [9.17, 15) is 9.59 Å². The molecule has 1 aromatic heterocycles. The van der Waals surface area contributed by atoms with Gasteiger partial charge in [-0.05, 0) is 30.7 Å². The van der Waals surface area contributed by atoms with Crippen molar-refractivity contribution >= 4 is 46.3 Å². The van der Waals surface area contributed by atoms with Crippen molar-refractivity contribution in [2.45, 2.75) is 19.8 Å². The van der Waals surface area contributed by atoms with E-state index >= 15 is 0 Å². The number of benzene rings is 1. The zero-order valence-corrected chi connectivity index (χ0v) is 16.7. The van der Waals surface area contributed by atoms with Gasteiger partial charge >= 0.3 is 5.97 Å². The predicted octanol–water partition coefficient (Wildman–Crippen LogP) is 4.73. The molecule has 3 rings (SSSR count). The van der Waals surface area contributed by atoms with Crippen molar-refractivity contribution in [3.63, 3.8) is 0 Å². The van der Waals surface area contributed by atoms with Gasteiger partial charge in [-0.1, -0.05) is 49.5 Å². The van der Waals surface area contributed by atoms with Crippen molar-refractivity contribution in [3.8, 4) is 11.3 Å². The standard InChI is InChI=1S/C20H19NO4S2/c1-3-4-11-24-19(23)14-7-5-13(6-8-14)16-10-9-15(25-16)12-17-18(22)21(2)20(26)27-17/h5-10,12H,3-4,11H2,1-2H3. The average molecular weight is 402 g/mol. The second-order valence-electron chi connectivity index (χ2n) is 6.01. The number of rotatable bonds is 6. The minimum atomic E-state index is -0.322. The second kappa shape index (κ2) is 8.54. The number of hydrogen-bond acceptors (Lipinski definition) is 6. The summed E-state index contributed by atoms with van der Waals surface area (Å²) < 4.78 is 11.5. The third kappa shape index (κ3) is 4.48. The molecule has 1 aliphatic heterocycles. The van der Waals surface area contributed by atoms with Crippen molar-refractivity contribution < 1.29 is 18.7 Å². The molecule has 2 aromatic rings. The highest BCUT2D eigenvalue weighted by molar-refractivity contribution is 8.26. The number of hydrogen-bond donors (Lipinski definition) is 0. The van der Waals surface area contributed by atoms with Gasteiger partial charge < -0.3 is 9.15 Å². The summed E-state index contributed by atoms with van der Waals surface area (Å²) in [5, 5.41) is 0. The maximum atomic E-state index is 12.1. The second-order valence-corrected chi connectivity index (χ2v) is 7.69. The molecule has 0 aliphatic carbocycles. The summed E-state index contributed by atoms with van der Waals surface area (Å²) in [5.74, 6) is 0.770. The molecule has 0 saturated carbocycles. The molecule has 5 nitrogen and oxygen atoms in total. The van der Waals surface area contributed by atoms with Gasteiger partial charge in [0.05, 0.1) is 17.1 Å². The third-order valence-electron chi connectivity index (χ3n) is 4.02. The van der Waals surface area contributed by atoms with E-state index in [4.69, 9.17) is 21.4 Å². The highest BCUT2D eigenvalue weighted by atomic mass is 32.2. The Bertz CT molecular complexity index is 899. The molecule has 0 unspecified atom stereocenters. The quantitative estimate of drug-likeness (QED) is 0.302. The Hall–Kier alpha value is -2.38. The molecule has 0 radical (unpaired) electrons. The summed E-state index contributed by atoms with van der Waals surface area (Å²) in [5.41, 5.74) is 1.34. The van der Waals surface area contributed by atoms with Gasteiger partial charge in [0, 0.05) is 18.7 Å². The van der Waals surface area contributed by atoms with E-state index in [1.807, 2.05) is 25.1 Å². The zero-order chi connectivity index (χ0) is 19.4. The maximum Gasteiger partial charge on any atom is 0.338 e. The first-order valence-corrected chi connectivity index (χ1v) is 9.81. The Kier molecular flexibility index (Phi) is 6.13. The molecule has 1 amide bonds. The minimum Gasteiger partial charge on any atom is -0.462 e. The number of unbranched alkanes of at least 4 members (excludes halogenated alkanes) is 1. The summed E-state index contributed by atoms with van der Waals surface area (Å²) in [7, 11) is 1.65. The molecule has 0 bridgehead atoms. The predicted molar refractivity (Wildman–Crippen MR) is 110 cm³/mol. The van der Waals surface area contributed by atoms with Crippen LogP contribution in [0.1, 0.15) is 35.9 Å². The lowest BCUT2D eigenvalue weighted by atomic mass is 10.1. The van der Waals surface area contributed by atoms with Crippen molar-refractivity contribution in [1.29, 1.82) is 0 Å². The summed E-state index contributed by atoms with van der Waals surface area (Å²) in [4.78, 5) is 26.0. The van der Waals surface area contributed by atoms with Crippen molar-refractivity contribution in [2.24, 2.45) is 0 Å². The van der Waals surface area contributed by atoms with E-state index in [0.29, 0.717) is 32.9 Å². The van der Waals surface area contributed by atoms with E-state index < -0.39 is 0 Å². The number of thiocarbonyl (C=S) groups is 1. The number of esters is 1. The molecule has 1 fully saturated rings. The van der Waals surface area contributed by atoms with Crippen LogP contribution in [0.3, 0.4) is 0 Å². The first kappa shape index (κ1) is 19.4. The summed E-state index contributed by atoms with van der Waals surface area (Å²) in [6.45, 7) is 2.48. The summed E-state index contributed by atoms with van der Waals surface area (Å²) in [6.07, 6.45) is 3.52. The molecule has 0 spiro atoms. The number of carbonyl (C=O) groups is 2. The van der Waals surface area contributed by atoms with Crippen LogP contribution in [0.5, 0.6) is 0 Å². The van der Waals surface area contributed by atoms with Crippen LogP contribution in [0, 0.1) is 0 Å². The molecule has 2 heterocycles. The molecule has 27 heavy (non-hydrogen) atoms.